The first-order valence-electron chi connectivity index (χ1n) is 4.83. The maximum absolute atomic E-state index is 11.5. The van der Waals surface area contributed by atoms with Crippen molar-refractivity contribution in [3.63, 3.8) is 0 Å². The number of rotatable bonds is 1. The van der Waals surface area contributed by atoms with E-state index in [2.05, 4.69) is 10.3 Å². The first kappa shape index (κ1) is 12.1. The van der Waals surface area contributed by atoms with E-state index in [9.17, 15) is 4.79 Å². The van der Waals surface area contributed by atoms with Gasteiger partial charge >= 0.3 is 0 Å². The number of fused-ring (bicyclic) bond motifs is 1. The fraction of sp³-hybridized carbons (Fsp3) is 0.167. The second-order valence-electron chi connectivity index (χ2n) is 2.96. The number of benzene rings is 1. The lowest BCUT2D eigenvalue weighted by molar-refractivity contribution is 0.0960. The van der Waals surface area contributed by atoms with Crippen molar-refractivity contribution in [2.24, 2.45) is 0 Å². The Morgan fingerprint density at radius 3 is 2.62 bits per heavy atom. The zero-order chi connectivity index (χ0) is 12.0. The summed E-state index contributed by atoms with van der Waals surface area (Å²) in [4.78, 5) is 15.5. The topological polar surface area (TPSA) is 62.2 Å². The Morgan fingerprint density at radius 1 is 1.25 bits per heavy atom. The summed E-state index contributed by atoms with van der Waals surface area (Å²) < 4.78 is 0. The number of carbonyl (C=O) groups excluding carboxylic acids is 1. The van der Waals surface area contributed by atoms with Crippen LogP contribution in [0.5, 0.6) is 0 Å². The summed E-state index contributed by atoms with van der Waals surface area (Å²) in [6, 6.07) is 9.59. The van der Waals surface area contributed by atoms with E-state index < -0.39 is 0 Å². The van der Waals surface area contributed by atoms with E-state index in [1.54, 1.807) is 13.2 Å². The monoisotopic (exact) mass is 218 g/mol. The third kappa shape index (κ3) is 2.35. The van der Waals surface area contributed by atoms with E-state index in [-0.39, 0.29) is 5.91 Å². The molecule has 16 heavy (non-hydrogen) atoms. The number of hydrogen-bond acceptors (Lipinski definition) is 3. The van der Waals surface area contributed by atoms with Gasteiger partial charge in [-0.05, 0) is 11.5 Å². The highest BCUT2D eigenvalue weighted by Gasteiger charge is 2.08. The highest BCUT2D eigenvalue weighted by Crippen LogP contribution is 2.15. The average Bonchev–Trinajstić information content (AvgIpc) is 2.39. The maximum atomic E-state index is 11.5. The minimum atomic E-state index is -0.151. The molecular formula is C12H14N2O2. The Morgan fingerprint density at radius 2 is 1.94 bits per heavy atom. The number of amides is 1. The maximum Gasteiger partial charge on any atom is 0.270 e. The van der Waals surface area contributed by atoms with Gasteiger partial charge in [-0.1, -0.05) is 24.3 Å². The van der Waals surface area contributed by atoms with Gasteiger partial charge in [0.15, 0.2) is 0 Å². The fourth-order valence-corrected chi connectivity index (χ4v) is 1.42. The Bertz CT molecular complexity index is 478. The summed E-state index contributed by atoms with van der Waals surface area (Å²) in [5.41, 5.74) is 0.477. The summed E-state index contributed by atoms with van der Waals surface area (Å²) in [7, 11) is 2.60. The second kappa shape index (κ2) is 5.82. The van der Waals surface area contributed by atoms with Crippen LogP contribution in [0, 0.1) is 0 Å². The van der Waals surface area contributed by atoms with Gasteiger partial charge in [0.25, 0.3) is 5.91 Å². The van der Waals surface area contributed by atoms with E-state index in [0.717, 1.165) is 17.9 Å². The van der Waals surface area contributed by atoms with Gasteiger partial charge in [0, 0.05) is 25.7 Å². The molecule has 1 aromatic carbocycles. The van der Waals surface area contributed by atoms with Gasteiger partial charge in [0.05, 0.1) is 0 Å². The van der Waals surface area contributed by atoms with Crippen LogP contribution in [0.25, 0.3) is 10.8 Å². The molecule has 1 aromatic heterocycles. The van der Waals surface area contributed by atoms with E-state index in [1.165, 1.54) is 0 Å². The lowest BCUT2D eigenvalue weighted by Gasteiger charge is -2.02. The van der Waals surface area contributed by atoms with Gasteiger partial charge in [-0.2, -0.15) is 0 Å². The van der Waals surface area contributed by atoms with Crippen molar-refractivity contribution in [3.8, 4) is 0 Å². The molecule has 4 nitrogen and oxygen atoms in total. The van der Waals surface area contributed by atoms with Gasteiger partial charge in [0.2, 0.25) is 0 Å². The van der Waals surface area contributed by atoms with E-state index >= 15 is 0 Å². The van der Waals surface area contributed by atoms with Crippen LogP contribution in [-0.2, 0) is 0 Å². The molecule has 0 aliphatic heterocycles. The smallest absolute Gasteiger partial charge is 0.270 e. The van der Waals surface area contributed by atoms with Crippen molar-refractivity contribution in [2.45, 2.75) is 0 Å². The molecule has 0 radical (unpaired) electrons. The predicted octanol–water partition coefficient (Wildman–Crippen LogP) is 1.20. The largest absolute Gasteiger partial charge is 0.400 e. The van der Waals surface area contributed by atoms with Crippen LogP contribution >= 0.6 is 0 Å². The third-order valence-corrected chi connectivity index (χ3v) is 2.12. The standard InChI is InChI=1S/C11H10N2O.CH4O/c1-12-11(14)10-9-5-3-2-4-8(9)6-7-13-10;1-2/h2-7H,1H3,(H,12,14);2H,1H3. The van der Waals surface area contributed by atoms with Crippen LogP contribution < -0.4 is 5.32 Å². The van der Waals surface area contributed by atoms with Crippen molar-refractivity contribution in [1.29, 1.82) is 0 Å². The number of carbonyl (C=O) groups is 1. The molecule has 2 aromatic rings. The van der Waals surface area contributed by atoms with Gasteiger partial charge in [0.1, 0.15) is 5.69 Å². The van der Waals surface area contributed by atoms with Gasteiger partial charge in [-0.25, -0.2) is 0 Å². The molecule has 1 amide bonds. The van der Waals surface area contributed by atoms with Gasteiger partial charge in [-0.3, -0.25) is 9.78 Å². The molecule has 2 N–H and O–H groups in total. The number of nitrogens with one attached hydrogen (secondary N) is 1. The van der Waals surface area contributed by atoms with Crippen LogP contribution in [0.4, 0.5) is 0 Å². The Balaban J connectivity index is 0.000000606. The molecule has 2 rings (SSSR count). The molecule has 0 atom stereocenters. The lowest BCUT2D eigenvalue weighted by atomic mass is 10.1. The summed E-state index contributed by atoms with van der Waals surface area (Å²) in [5.74, 6) is -0.151. The molecule has 0 saturated carbocycles. The normalized spacial score (nSPS) is 9.19. The Kier molecular flexibility index (Phi) is 4.42. The molecule has 0 bridgehead atoms. The molecule has 0 aliphatic rings. The van der Waals surface area contributed by atoms with E-state index in [4.69, 9.17) is 5.11 Å². The second-order valence-corrected chi connectivity index (χ2v) is 2.96. The first-order valence-corrected chi connectivity index (χ1v) is 4.83. The fourth-order valence-electron chi connectivity index (χ4n) is 1.42. The van der Waals surface area contributed by atoms with E-state index in [0.29, 0.717) is 5.69 Å². The molecular weight excluding hydrogens is 204 g/mol. The number of aliphatic hydroxyl groups is 1. The number of aromatic nitrogens is 1. The van der Waals surface area contributed by atoms with Crippen LogP contribution in [0.15, 0.2) is 36.5 Å². The Labute approximate surface area is 93.9 Å². The van der Waals surface area contributed by atoms with Gasteiger partial charge in [-0.15, -0.1) is 0 Å². The van der Waals surface area contributed by atoms with Crippen LogP contribution in [0.3, 0.4) is 0 Å². The average molecular weight is 218 g/mol. The highest BCUT2D eigenvalue weighted by atomic mass is 16.2. The quantitative estimate of drug-likeness (QED) is 0.756. The van der Waals surface area contributed by atoms with E-state index in [1.807, 2.05) is 30.3 Å². The molecule has 0 aliphatic carbocycles. The van der Waals surface area contributed by atoms with Crippen molar-refractivity contribution < 1.29 is 9.90 Å². The molecule has 1 heterocycles. The minimum Gasteiger partial charge on any atom is -0.400 e. The molecule has 0 spiro atoms. The molecule has 84 valence electrons. The number of nitrogens with zero attached hydrogens (tertiary/aromatic N) is 1. The number of pyridine rings is 1. The van der Waals surface area contributed by atoms with Crippen LogP contribution in [0.2, 0.25) is 0 Å². The molecule has 0 fully saturated rings. The van der Waals surface area contributed by atoms with Crippen LogP contribution in [-0.4, -0.2) is 30.2 Å². The zero-order valence-corrected chi connectivity index (χ0v) is 9.27. The zero-order valence-electron chi connectivity index (χ0n) is 9.27. The number of aliphatic hydroxyl groups excluding tert-OH is 1. The highest BCUT2D eigenvalue weighted by molar-refractivity contribution is 6.04. The molecule has 0 saturated heterocycles. The third-order valence-electron chi connectivity index (χ3n) is 2.12. The van der Waals surface area contributed by atoms with Crippen molar-refractivity contribution in [2.75, 3.05) is 14.2 Å². The summed E-state index contributed by atoms with van der Waals surface area (Å²) in [6.45, 7) is 0. The minimum absolute atomic E-state index is 0.151. The summed E-state index contributed by atoms with van der Waals surface area (Å²) in [6.07, 6.45) is 1.65. The van der Waals surface area contributed by atoms with Crippen molar-refractivity contribution in [1.82, 2.24) is 10.3 Å². The summed E-state index contributed by atoms with van der Waals surface area (Å²) in [5, 5.41) is 11.5. The van der Waals surface area contributed by atoms with Gasteiger partial charge < -0.3 is 10.4 Å². The SMILES string of the molecule is CNC(=O)c1nccc2ccccc12.CO. The van der Waals surface area contributed by atoms with Crippen molar-refractivity contribution >= 4 is 16.7 Å². The first-order chi connectivity index (χ1) is 7.83. The number of hydrogen-bond donors (Lipinski definition) is 2. The predicted molar refractivity (Wildman–Crippen MR) is 63.3 cm³/mol. The molecule has 0 unspecified atom stereocenters. The van der Waals surface area contributed by atoms with Crippen LogP contribution in [0.1, 0.15) is 10.5 Å². The van der Waals surface area contributed by atoms with Crippen molar-refractivity contribution in [3.05, 3.63) is 42.2 Å². The summed E-state index contributed by atoms with van der Waals surface area (Å²) >= 11 is 0. The lowest BCUT2D eigenvalue weighted by Crippen LogP contribution is -2.19. The Hall–Kier alpha value is -1.94. The molecule has 4 heteroatoms.